The molecule has 1 amide bonds. The molecule has 3 rings (SSSR count). The van der Waals surface area contributed by atoms with Crippen LogP contribution < -0.4 is 24.2 Å². The van der Waals surface area contributed by atoms with Crippen LogP contribution in [0.5, 0.6) is 0 Å². The summed E-state index contributed by atoms with van der Waals surface area (Å²) in [4.78, 5) is 32.7. The van der Waals surface area contributed by atoms with Gasteiger partial charge in [-0.2, -0.15) is 11.8 Å². The molecule has 0 spiro atoms. The first-order valence-corrected chi connectivity index (χ1v) is 11.5. The third kappa shape index (κ3) is 7.33. The van der Waals surface area contributed by atoms with Crippen molar-refractivity contribution in [3.8, 4) is 11.1 Å². The van der Waals surface area contributed by atoms with Gasteiger partial charge in [0.1, 0.15) is 12.4 Å². The van der Waals surface area contributed by atoms with E-state index in [-0.39, 0.29) is 18.9 Å². The van der Waals surface area contributed by atoms with Gasteiger partial charge in [0, 0.05) is 23.5 Å². The Morgan fingerprint density at radius 2 is 1.76 bits per heavy atom. The van der Waals surface area contributed by atoms with Crippen molar-refractivity contribution in [2.75, 3.05) is 12.0 Å². The van der Waals surface area contributed by atoms with Crippen molar-refractivity contribution in [3.63, 3.8) is 0 Å². The average molecular weight is 455 g/mol. The van der Waals surface area contributed by atoms with Crippen LogP contribution in [0, 0.1) is 6.92 Å². The second kappa shape index (κ2) is 13.0. The van der Waals surface area contributed by atoms with E-state index >= 15 is 0 Å². The Bertz CT molecular complexity index is 1120. The number of hydrogen-bond donors (Lipinski definition) is 2. The second-order valence-corrected chi connectivity index (χ2v) is 8.26. The van der Waals surface area contributed by atoms with E-state index in [2.05, 4.69) is 15.3 Å². The Kier molecular flexibility index (Phi) is 10.4. The van der Waals surface area contributed by atoms with Crippen molar-refractivity contribution in [1.29, 1.82) is 0 Å². The summed E-state index contributed by atoms with van der Waals surface area (Å²) in [7, 11) is 0. The third-order valence-electron chi connectivity index (χ3n) is 4.99. The molecule has 0 saturated carbocycles. The minimum absolute atomic E-state index is 0. The molecule has 0 saturated heterocycles. The molecule has 0 bridgehead atoms. The molecular weight excluding hydrogens is 429 g/mol. The quantitative estimate of drug-likeness (QED) is 0.477. The maximum absolute atomic E-state index is 13.1. The van der Waals surface area contributed by atoms with Gasteiger partial charge in [-0.3, -0.25) is 4.79 Å². The number of carbonyl (C=O) groups is 2. The predicted molar refractivity (Wildman–Crippen MR) is 129 cm³/mol. The van der Waals surface area contributed by atoms with Gasteiger partial charge in [-0.15, -0.1) is 0 Å². The first-order chi connectivity index (χ1) is 15.5. The first kappa shape index (κ1) is 26.4. The number of nitrogens with one attached hydrogen (secondary N) is 1. The van der Waals surface area contributed by atoms with Crippen LogP contribution in [0.2, 0.25) is 0 Å². The Morgan fingerprint density at radius 1 is 1.06 bits per heavy atom. The largest absolute Gasteiger partial charge is 1.00 e. The van der Waals surface area contributed by atoms with Gasteiger partial charge in [0.25, 0.3) is 5.91 Å². The van der Waals surface area contributed by atoms with Gasteiger partial charge in [-0.1, -0.05) is 42.5 Å². The SMILES string of the molecule is CSCCC(NC(=O)c1ccc(/C=C/c2cncnc2)cc1-c1ccccc1C)C(=O)O.[Li+]. The number of amides is 1. The fraction of sp³-hybridized carbons (Fsp3) is 0.200. The van der Waals surface area contributed by atoms with Gasteiger partial charge in [0.15, 0.2) is 0 Å². The predicted octanol–water partition coefficient (Wildman–Crippen LogP) is 1.56. The van der Waals surface area contributed by atoms with Crippen molar-refractivity contribution >= 4 is 35.8 Å². The van der Waals surface area contributed by atoms with Crippen molar-refractivity contribution in [2.45, 2.75) is 19.4 Å². The van der Waals surface area contributed by atoms with Crippen LogP contribution in [0.1, 0.15) is 33.5 Å². The summed E-state index contributed by atoms with van der Waals surface area (Å²) >= 11 is 1.55. The topological polar surface area (TPSA) is 92.2 Å². The number of carbonyl (C=O) groups excluding carboxylic acids is 1. The fourth-order valence-corrected chi connectivity index (χ4v) is 3.75. The van der Waals surface area contributed by atoms with Crippen LogP contribution in [-0.4, -0.2) is 45.0 Å². The minimum atomic E-state index is -1.03. The molecule has 0 fully saturated rings. The van der Waals surface area contributed by atoms with Crippen LogP contribution in [0.3, 0.4) is 0 Å². The number of thioether (sulfide) groups is 1. The van der Waals surface area contributed by atoms with Gasteiger partial charge < -0.3 is 10.4 Å². The number of carboxylic acids is 1. The molecule has 0 radical (unpaired) electrons. The van der Waals surface area contributed by atoms with Crippen molar-refractivity contribution < 1.29 is 33.6 Å². The number of aromatic nitrogens is 2. The Labute approximate surface area is 210 Å². The van der Waals surface area contributed by atoms with Gasteiger partial charge >= 0.3 is 24.8 Å². The van der Waals surface area contributed by atoms with Gasteiger partial charge in [0.05, 0.1) is 0 Å². The molecule has 1 aromatic heterocycles. The van der Waals surface area contributed by atoms with E-state index in [1.54, 1.807) is 30.2 Å². The van der Waals surface area contributed by atoms with Crippen molar-refractivity contribution in [1.82, 2.24) is 15.3 Å². The number of benzene rings is 2. The van der Waals surface area contributed by atoms with Gasteiger partial charge in [-0.05, 0) is 59.7 Å². The number of aryl methyl sites for hydroxylation is 1. The van der Waals surface area contributed by atoms with Crippen LogP contribution >= 0.6 is 11.8 Å². The molecule has 3 aromatic rings. The number of nitrogens with zero attached hydrogens (tertiary/aromatic N) is 2. The number of rotatable bonds is 9. The summed E-state index contributed by atoms with van der Waals surface area (Å²) in [5.74, 6) is -0.785. The maximum Gasteiger partial charge on any atom is 1.00 e. The number of hydrogen-bond acceptors (Lipinski definition) is 5. The smallest absolute Gasteiger partial charge is 0.480 e. The molecule has 6 nitrogen and oxygen atoms in total. The molecule has 8 heteroatoms. The first-order valence-electron chi connectivity index (χ1n) is 10.2. The van der Waals surface area contributed by atoms with Crippen molar-refractivity contribution in [2.24, 2.45) is 0 Å². The zero-order chi connectivity index (χ0) is 22.9. The zero-order valence-electron chi connectivity index (χ0n) is 19.0. The Hall–Kier alpha value is -2.85. The summed E-state index contributed by atoms with van der Waals surface area (Å²) in [6.07, 6.45) is 11.0. The van der Waals surface area contributed by atoms with E-state index in [4.69, 9.17) is 0 Å². The summed E-state index contributed by atoms with van der Waals surface area (Å²) in [6.45, 7) is 1.99. The average Bonchev–Trinajstić information content (AvgIpc) is 2.81. The minimum Gasteiger partial charge on any atom is -0.480 e. The van der Waals surface area contributed by atoms with E-state index in [1.165, 1.54) is 6.33 Å². The molecule has 0 aliphatic rings. The molecular formula is C25H25LiN3O3S+. The van der Waals surface area contributed by atoms with Crippen molar-refractivity contribution in [3.05, 3.63) is 83.4 Å². The second-order valence-electron chi connectivity index (χ2n) is 7.27. The van der Waals surface area contributed by atoms with E-state index in [9.17, 15) is 14.7 Å². The van der Waals surface area contributed by atoms with Crippen LogP contribution in [0.25, 0.3) is 23.3 Å². The maximum atomic E-state index is 13.1. The molecule has 1 unspecified atom stereocenters. The monoisotopic (exact) mass is 454 g/mol. The molecule has 164 valence electrons. The zero-order valence-corrected chi connectivity index (χ0v) is 19.8. The van der Waals surface area contributed by atoms with E-state index < -0.39 is 17.9 Å². The third-order valence-corrected chi connectivity index (χ3v) is 5.63. The summed E-state index contributed by atoms with van der Waals surface area (Å²) < 4.78 is 0. The summed E-state index contributed by atoms with van der Waals surface area (Å²) in [5, 5.41) is 12.2. The fourth-order valence-electron chi connectivity index (χ4n) is 3.28. The van der Waals surface area contributed by atoms with E-state index in [0.717, 1.165) is 27.8 Å². The van der Waals surface area contributed by atoms with Crippen LogP contribution in [-0.2, 0) is 4.79 Å². The Morgan fingerprint density at radius 3 is 2.42 bits per heavy atom. The normalized spacial score (nSPS) is 11.6. The van der Waals surface area contributed by atoms with Crippen LogP contribution in [0.4, 0.5) is 0 Å². The molecule has 33 heavy (non-hydrogen) atoms. The molecule has 1 heterocycles. The molecule has 0 aliphatic carbocycles. The summed E-state index contributed by atoms with van der Waals surface area (Å²) in [5.41, 5.74) is 4.91. The van der Waals surface area contributed by atoms with E-state index in [1.807, 2.05) is 61.7 Å². The standard InChI is InChI=1S/C25H25N3O3S.Li/c1-17-5-3-4-6-20(17)22-13-18(7-8-19-14-26-16-27-15-19)9-10-21(22)24(29)28-23(25(30)31)11-12-32-2;/h3-10,13-16,23H,11-12H2,1-2H3,(H,28,29)(H,30,31);/q;+1/b8-7+;. The molecule has 1 atom stereocenters. The number of aliphatic carboxylic acids is 1. The molecule has 0 aliphatic heterocycles. The molecule has 2 N–H and O–H groups in total. The van der Waals surface area contributed by atoms with E-state index in [0.29, 0.717) is 17.7 Å². The van der Waals surface area contributed by atoms with Crippen LogP contribution in [0.15, 0.2) is 61.2 Å². The van der Waals surface area contributed by atoms with Gasteiger partial charge in [0.2, 0.25) is 0 Å². The number of carboxylic acid groups (broad SMARTS) is 1. The summed E-state index contributed by atoms with van der Waals surface area (Å²) in [6, 6.07) is 12.4. The Balaban J connectivity index is 0.00000385. The molecule has 2 aromatic carbocycles. The van der Waals surface area contributed by atoms with Gasteiger partial charge in [-0.25, -0.2) is 14.8 Å².